The lowest BCUT2D eigenvalue weighted by Crippen LogP contribution is -2.28. The summed E-state index contributed by atoms with van der Waals surface area (Å²) in [6.07, 6.45) is 7.62. The Morgan fingerprint density at radius 2 is 2.14 bits per heavy atom. The smallest absolute Gasteiger partial charge is 0.0828 e. The maximum atomic E-state index is 4.23. The molecule has 2 heterocycles. The van der Waals surface area contributed by atoms with Gasteiger partial charge in [-0.05, 0) is 12.1 Å². The van der Waals surface area contributed by atoms with E-state index in [9.17, 15) is 0 Å². The fourth-order valence-electron chi connectivity index (χ4n) is 1.65. The Labute approximate surface area is 82.0 Å². The van der Waals surface area contributed by atoms with E-state index in [0.717, 1.165) is 16.9 Å². The molecule has 2 aliphatic heterocycles. The second-order valence-electron chi connectivity index (χ2n) is 3.19. The topological polar surface area (TPSA) is 27.6 Å². The Kier molecular flexibility index (Phi) is 1.44. The Hall–Kier alpha value is -2.03. The minimum absolute atomic E-state index is 1.06. The molecule has 0 aromatic heterocycles. The molecule has 0 bridgehead atoms. The average Bonchev–Trinajstić information content (AvgIpc) is 2.61. The van der Waals surface area contributed by atoms with Gasteiger partial charge < -0.3 is 5.43 Å². The summed E-state index contributed by atoms with van der Waals surface area (Å²) in [6, 6.07) is 8.16. The summed E-state index contributed by atoms with van der Waals surface area (Å²) >= 11 is 0. The molecule has 1 N–H and O–H groups in total. The van der Waals surface area contributed by atoms with Crippen molar-refractivity contribution in [3.63, 3.8) is 0 Å². The third-order valence-corrected chi connectivity index (χ3v) is 2.31. The third kappa shape index (κ3) is 0.956. The van der Waals surface area contributed by atoms with Crippen LogP contribution in [-0.4, -0.2) is 6.21 Å². The van der Waals surface area contributed by atoms with Gasteiger partial charge in [0.05, 0.1) is 17.6 Å². The predicted octanol–water partition coefficient (Wildman–Crippen LogP) is 1.80. The summed E-state index contributed by atoms with van der Waals surface area (Å²) in [4.78, 5) is 4.23. The summed E-state index contributed by atoms with van der Waals surface area (Å²) in [5.74, 6) is 0. The number of fused-ring (bicyclic) bond motifs is 3. The molecule has 0 spiro atoms. The minimum Gasteiger partial charge on any atom is -0.301 e. The van der Waals surface area contributed by atoms with Crippen molar-refractivity contribution < 1.29 is 0 Å². The zero-order valence-electron chi connectivity index (χ0n) is 7.51. The van der Waals surface area contributed by atoms with E-state index in [2.05, 4.69) is 22.6 Å². The minimum atomic E-state index is 1.06. The highest BCUT2D eigenvalue weighted by molar-refractivity contribution is 5.90. The summed E-state index contributed by atoms with van der Waals surface area (Å²) < 4.78 is 0. The van der Waals surface area contributed by atoms with Crippen LogP contribution in [0.25, 0.3) is 0 Å². The van der Waals surface area contributed by atoms with E-state index in [0.29, 0.717) is 0 Å². The molecule has 0 atom stereocenters. The molecule has 3 rings (SSSR count). The summed E-state index contributed by atoms with van der Waals surface area (Å²) in [6.45, 7) is 0. The van der Waals surface area contributed by atoms with E-state index in [-0.39, 0.29) is 0 Å². The number of hydrogen-bond acceptors (Lipinski definition) is 3. The largest absolute Gasteiger partial charge is 0.301 e. The molecule has 0 aliphatic carbocycles. The van der Waals surface area contributed by atoms with Crippen LogP contribution in [0.15, 0.2) is 53.4 Å². The molecule has 0 unspecified atom stereocenters. The van der Waals surface area contributed by atoms with E-state index in [1.807, 2.05) is 41.8 Å². The Morgan fingerprint density at radius 1 is 1.21 bits per heavy atom. The monoisotopic (exact) mass is 183 g/mol. The van der Waals surface area contributed by atoms with Crippen molar-refractivity contribution >= 4 is 11.9 Å². The summed E-state index contributed by atoms with van der Waals surface area (Å²) in [7, 11) is 0. The number of aliphatic imine (C=N–C) groups is 1. The van der Waals surface area contributed by atoms with Crippen LogP contribution in [0.5, 0.6) is 0 Å². The number of nitrogens with one attached hydrogen (secondary N) is 1. The van der Waals surface area contributed by atoms with Gasteiger partial charge in [-0.25, -0.2) is 0 Å². The number of hydrazine groups is 1. The van der Waals surface area contributed by atoms with Gasteiger partial charge >= 0.3 is 0 Å². The first-order valence-electron chi connectivity index (χ1n) is 4.50. The number of hydrogen-bond donors (Lipinski definition) is 1. The van der Waals surface area contributed by atoms with E-state index in [4.69, 9.17) is 0 Å². The molecule has 2 aliphatic rings. The van der Waals surface area contributed by atoms with Gasteiger partial charge in [-0.3, -0.25) is 10.0 Å². The lowest BCUT2D eigenvalue weighted by atomic mass is 10.2. The van der Waals surface area contributed by atoms with Crippen LogP contribution in [0.2, 0.25) is 0 Å². The van der Waals surface area contributed by atoms with Crippen LogP contribution in [0.1, 0.15) is 5.56 Å². The van der Waals surface area contributed by atoms with Crippen molar-refractivity contribution in [2.75, 3.05) is 5.01 Å². The van der Waals surface area contributed by atoms with Gasteiger partial charge in [0.15, 0.2) is 0 Å². The number of para-hydroxylation sites is 1. The molecule has 0 radical (unpaired) electrons. The van der Waals surface area contributed by atoms with Crippen molar-refractivity contribution in [3.05, 3.63) is 54.0 Å². The molecule has 3 heteroatoms. The summed E-state index contributed by atoms with van der Waals surface area (Å²) in [5, 5.41) is 2.02. The average molecular weight is 183 g/mol. The third-order valence-electron chi connectivity index (χ3n) is 2.31. The Bertz CT molecular complexity index is 457. The molecule has 0 amide bonds. The molecule has 3 nitrogen and oxygen atoms in total. The lowest BCUT2D eigenvalue weighted by Gasteiger charge is -2.20. The molecule has 1 aromatic rings. The van der Waals surface area contributed by atoms with Crippen LogP contribution < -0.4 is 10.4 Å². The van der Waals surface area contributed by atoms with Crippen LogP contribution in [0.4, 0.5) is 5.69 Å². The number of rotatable bonds is 0. The molecular weight excluding hydrogens is 174 g/mol. The SMILES string of the molecule is C1=CC2=CN=Cc3ccccc3N2N1. The van der Waals surface area contributed by atoms with Crippen LogP contribution in [-0.2, 0) is 0 Å². The van der Waals surface area contributed by atoms with Gasteiger partial charge in [-0.15, -0.1) is 0 Å². The predicted molar refractivity (Wildman–Crippen MR) is 56.9 cm³/mol. The van der Waals surface area contributed by atoms with Gasteiger partial charge in [0.2, 0.25) is 0 Å². The van der Waals surface area contributed by atoms with Gasteiger partial charge in [0.25, 0.3) is 0 Å². The Balaban J connectivity index is 2.20. The second kappa shape index (κ2) is 2.73. The van der Waals surface area contributed by atoms with Crippen molar-refractivity contribution in [1.29, 1.82) is 0 Å². The van der Waals surface area contributed by atoms with E-state index in [1.165, 1.54) is 0 Å². The van der Waals surface area contributed by atoms with E-state index in [1.54, 1.807) is 0 Å². The van der Waals surface area contributed by atoms with Crippen molar-refractivity contribution in [1.82, 2.24) is 5.43 Å². The molecule has 1 aromatic carbocycles. The standard InChI is InChI=1S/C11H9N3/c1-2-4-11-9(3-1)7-12-8-10-5-6-13-14(10)11/h1-8,13H. The summed E-state index contributed by atoms with van der Waals surface area (Å²) in [5.41, 5.74) is 6.47. The maximum Gasteiger partial charge on any atom is 0.0828 e. The number of anilines is 1. The van der Waals surface area contributed by atoms with Gasteiger partial charge in [0, 0.05) is 18.0 Å². The normalized spacial score (nSPS) is 16.9. The van der Waals surface area contributed by atoms with Crippen molar-refractivity contribution in [3.8, 4) is 0 Å². The molecule has 0 fully saturated rings. The van der Waals surface area contributed by atoms with E-state index >= 15 is 0 Å². The zero-order chi connectivity index (χ0) is 9.38. The first-order valence-corrected chi connectivity index (χ1v) is 4.50. The molecule has 14 heavy (non-hydrogen) atoms. The van der Waals surface area contributed by atoms with Crippen LogP contribution >= 0.6 is 0 Å². The second-order valence-corrected chi connectivity index (χ2v) is 3.19. The van der Waals surface area contributed by atoms with Gasteiger partial charge in [-0.1, -0.05) is 18.2 Å². The lowest BCUT2D eigenvalue weighted by molar-refractivity contribution is 0.891. The molecule has 68 valence electrons. The van der Waals surface area contributed by atoms with Gasteiger partial charge in [-0.2, -0.15) is 0 Å². The van der Waals surface area contributed by atoms with Gasteiger partial charge in [0.1, 0.15) is 0 Å². The highest BCUT2D eigenvalue weighted by Crippen LogP contribution is 2.25. The fourth-order valence-corrected chi connectivity index (χ4v) is 1.65. The van der Waals surface area contributed by atoms with Crippen LogP contribution in [0.3, 0.4) is 0 Å². The molecular formula is C11H9N3. The Morgan fingerprint density at radius 3 is 3.14 bits per heavy atom. The number of allylic oxidation sites excluding steroid dienone is 1. The number of nitrogens with zero attached hydrogens (tertiary/aromatic N) is 2. The van der Waals surface area contributed by atoms with Crippen molar-refractivity contribution in [2.45, 2.75) is 0 Å². The quantitative estimate of drug-likeness (QED) is 0.664. The fraction of sp³-hybridized carbons (Fsp3) is 0. The van der Waals surface area contributed by atoms with Crippen molar-refractivity contribution in [2.24, 2.45) is 4.99 Å². The van der Waals surface area contributed by atoms with Crippen LogP contribution in [0, 0.1) is 0 Å². The molecule has 0 saturated carbocycles. The number of benzene rings is 1. The van der Waals surface area contributed by atoms with E-state index < -0.39 is 0 Å². The highest BCUT2D eigenvalue weighted by atomic mass is 15.5. The first kappa shape index (κ1) is 7.38. The first-order chi connectivity index (χ1) is 6.95. The molecule has 0 saturated heterocycles. The maximum absolute atomic E-state index is 4.23. The zero-order valence-corrected chi connectivity index (χ0v) is 7.51. The highest BCUT2D eigenvalue weighted by Gasteiger charge is 2.17.